The van der Waals surface area contributed by atoms with Gasteiger partial charge in [-0.25, -0.2) is 14.6 Å². The number of para-hydroxylation sites is 1. The molecule has 0 aliphatic carbocycles. The van der Waals surface area contributed by atoms with Crippen LogP contribution in [0, 0.1) is 0 Å². The lowest BCUT2D eigenvalue weighted by atomic mass is 10.2. The van der Waals surface area contributed by atoms with Gasteiger partial charge in [0, 0.05) is 5.39 Å². The zero-order valence-corrected chi connectivity index (χ0v) is 9.46. The number of rotatable bonds is 1. The molecule has 0 atom stereocenters. The smallest absolute Gasteiger partial charge is 0.164 e. The number of nitrogen functional groups attached to an aromatic ring is 1. The number of nitrogens with zero attached hydrogens (tertiary/aromatic N) is 4. The molecule has 6 heteroatoms. The molecule has 0 saturated heterocycles. The van der Waals surface area contributed by atoms with Crippen molar-refractivity contribution < 1.29 is 0 Å². The van der Waals surface area contributed by atoms with Crippen LogP contribution in [0.1, 0.15) is 0 Å². The Kier molecular flexibility index (Phi) is 2.19. The molecule has 17 heavy (non-hydrogen) atoms. The number of fused-ring (bicyclic) bond motifs is 1. The average molecular weight is 246 g/mol. The lowest BCUT2D eigenvalue weighted by molar-refractivity contribution is 0.855. The van der Waals surface area contributed by atoms with Gasteiger partial charge in [0.1, 0.15) is 11.3 Å². The summed E-state index contributed by atoms with van der Waals surface area (Å²) in [5.74, 6) is 0.948. The van der Waals surface area contributed by atoms with Gasteiger partial charge >= 0.3 is 0 Å². The molecule has 0 fully saturated rings. The fourth-order valence-corrected chi connectivity index (χ4v) is 1.78. The van der Waals surface area contributed by atoms with Crippen LogP contribution in [-0.4, -0.2) is 19.7 Å². The molecule has 2 heterocycles. The summed E-state index contributed by atoms with van der Waals surface area (Å²) >= 11 is 5.88. The second kappa shape index (κ2) is 3.71. The van der Waals surface area contributed by atoms with Crippen LogP contribution in [-0.2, 0) is 0 Å². The summed E-state index contributed by atoms with van der Waals surface area (Å²) in [6.45, 7) is 0. The summed E-state index contributed by atoms with van der Waals surface area (Å²) in [4.78, 5) is 8.39. The average Bonchev–Trinajstić information content (AvgIpc) is 2.69. The normalized spacial score (nSPS) is 10.9. The van der Waals surface area contributed by atoms with Gasteiger partial charge in [0.05, 0.1) is 11.7 Å². The molecule has 3 rings (SSSR count). The maximum atomic E-state index is 5.88. The molecule has 0 spiro atoms. The van der Waals surface area contributed by atoms with E-state index in [-0.39, 0.29) is 5.82 Å². The Morgan fingerprint density at radius 3 is 2.76 bits per heavy atom. The Morgan fingerprint density at radius 2 is 2.00 bits per heavy atom. The first-order valence-corrected chi connectivity index (χ1v) is 5.34. The van der Waals surface area contributed by atoms with E-state index in [1.54, 1.807) is 10.9 Å². The van der Waals surface area contributed by atoms with Crippen LogP contribution >= 0.6 is 11.6 Å². The van der Waals surface area contributed by atoms with Crippen LogP contribution < -0.4 is 5.73 Å². The number of hydrogen-bond donors (Lipinski definition) is 1. The van der Waals surface area contributed by atoms with Crippen molar-refractivity contribution in [1.29, 1.82) is 0 Å². The fourth-order valence-electron chi connectivity index (χ4n) is 1.65. The van der Waals surface area contributed by atoms with Gasteiger partial charge in [0.15, 0.2) is 11.6 Å². The van der Waals surface area contributed by atoms with E-state index in [0.29, 0.717) is 10.8 Å². The first kappa shape index (κ1) is 10.0. The van der Waals surface area contributed by atoms with Crippen molar-refractivity contribution in [2.75, 3.05) is 5.73 Å². The van der Waals surface area contributed by atoms with E-state index >= 15 is 0 Å². The summed E-state index contributed by atoms with van der Waals surface area (Å²) in [6.07, 6.45) is 3.12. The topological polar surface area (TPSA) is 69.6 Å². The van der Waals surface area contributed by atoms with Crippen molar-refractivity contribution in [2.24, 2.45) is 0 Å². The van der Waals surface area contributed by atoms with Crippen molar-refractivity contribution in [1.82, 2.24) is 19.7 Å². The molecule has 5 nitrogen and oxygen atoms in total. The number of anilines is 1. The number of halogens is 1. The molecule has 1 aromatic carbocycles. The summed E-state index contributed by atoms with van der Waals surface area (Å²) in [7, 11) is 0. The number of nitrogens with two attached hydrogens (primary N) is 1. The van der Waals surface area contributed by atoms with Crippen LogP contribution in [0.15, 0.2) is 36.8 Å². The predicted octanol–water partition coefficient (Wildman–Crippen LogP) is 2.05. The Balaban J connectivity index is 2.30. The monoisotopic (exact) mass is 245 g/mol. The molecule has 0 aliphatic heterocycles. The SMILES string of the molecule is Nc1nn(-c2ncnc3ccccc23)cc1Cl. The van der Waals surface area contributed by atoms with Crippen molar-refractivity contribution in [3.05, 3.63) is 41.8 Å². The first-order chi connectivity index (χ1) is 8.25. The van der Waals surface area contributed by atoms with Crippen molar-refractivity contribution >= 4 is 28.3 Å². The van der Waals surface area contributed by atoms with Crippen molar-refractivity contribution in [2.45, 2.75) is 0 Å². The maximum Gasteiger partial charge on any atom is 0.164 e. The van der Waals surface area contributed by atoms with Gasteiger partial charge in [0.25, 0.3) is 0 Å². The Bertz CT molecular complexity index is 666. The largest absolute Gasteiger partial charge is 0.381 e. The zero-order chi connectivity index (χ0) is 11.8. The van der Waals surface area contributed by atoms with Crippen molar-refractivity contribution in [3.8, 4) is 5.82 Å². The lowest BCUT2D eigenvalue weighted by Gasteiger charge is -2.03. The third-order valence-electron chi connectivity index (χ3n) is 2.43. The number of aromatic nitrogens is 4. The number of benzene rings is 1. The molecule has 0 radical (unpaired) electrons. The van der Waals surface area contributed by atoms with E-state index in [4.69, 9.17) is 17.3 Å². The highest BCUT2D eigenvalue weighted by atomic mass is 35.5. The fraction of sp³-hybridized carbons (Fsp3) is 0. The second-order valence-corrected chi connectivity index (χ2v) is 3.93. The molecular formula is C11H8ClN5. The van der Waals surface area contributed by atoms with E-state index in [1.807, 2.05) is 24.3 Å². The van der Waals surface area contributed by atoms with Gasteiger partial charge in [-0.15, -0.1) is 5.10 Å². The van der Waals surface area contributed by atoms with E-state index in [1.165, 1.54) is 6.33 Å². The zero-order valence-electron chi connectivity index (χ0n) is 8.71. The predicted molar refractivity (Wildman–Crippen MR) is 66.1 cm³/mol. The van der Waals surface area contributed by atoms with Gasteiger partial charge < -0.3 is 5.73 Å². The Morgan fingerprint density at radius 1 is 1.18 bits per heavy atom. The Labute approximate surface area is 102 Å². The van der Waals surface area contributed by atoms with Crippen LogP contribution in [0.2, 0.25) is 5.02 Å². The summed E-state index contributed by atoms with van der Waals surface area (Å²) in [6, 6.07) is 7.68. The van der Waals surface area contributed by atoms with E-state index in [0.717, 1.165) is 10.9 Å². The Hall–Kier alpha value is -2.14. The molecule has 2 N–H and O–H groups in total. The second-order valence-electron chi connectivity index (χ2n) is 3.52. The van der Waals surface area contributed by atoms with E-state index < -0.39 is 0 Å². The molecule has 2 aromatic heterocycles. The molecule has 3 aromatic rings. The summed E-state index contributed by atoms with van der Waals surface area (Å²) < 4.78 is 1.56. The highest BCUT2D eigenvalue weighted by Crippen LogP contribution is 2.21. The lowest BCUT2D eigenvalue weighted by Crippen LogP contribution is -2.00. The molecule has 0 saturated carbocycles. The third-order valence-corrected chi connectivity index (χ3v) is 2.73. The van der Waals surface area contributed by atoms with Crippen LogP contribution in [0.5, 0.6) is 0 Å². The van der Waals surface area contributed by atoms with Crippen LogP contribution in [0.25, 0.3) is 16.7 Å². The van der Waals surface area contributed by atoms with Gasteiger partial charge in [-0.2, -0.15) is 0 Å². The van der Waals surface area contributed by atoms with Crippen molar-refractivity contribution in [3.63, 3.8) is 0 Å². The number of hydrogen-bond acceptors (Lipinski definition) is 4. The van der Waals surface area contributed by atoms with E-state index in [2.05, 4.69) is 15.1 Å². The maximum absolute atomic E-state index is 5.88. The molecule has 0 amide bonds. The van der Waals surface area contributed by atoms with Gasteiger partial charge in [-0.3, -0.25) is 0 Å². The highest BCUT2D eigenvalue weighted by Gasteiger charge is 2.09. The van der Waals surface area contributed by atoms with E-state index in [9.17, 15) is 0 Å². The molecule has 0 unspecified atom stereocenters. The van der Waals surface area contributed by atoms with Gasteiger partial charge in [-0.1, -0.05) is 23.7 Å². The molecule has 0 aliphatic rings. The minimum absolute atomic E-state index is 0.286. The molecule has 84 valence electrons. The molecular weight excluding hydrogens is 238 g/mol. The first-order valence-electron chi connectivity index (χ1n) is 4.96. The summed E-state index contributed by atoms with van der Waals surface area (Å²) in [5.41, 5.74) is 6.46. The highest BCUT2D eigenvalue weighted by molar-refractivity contribution is 6.32. The molecule has 0 bridgehead atoms. The standard InChI is InChI=1S/C11H8ClN5/c12-8-5-17(16-10(8)13)11-7-3-1-2-4-9(7)14-6-15-11/h1-6H,(H2,13,16). The summed E-state index contributed by atoms with van der Waals surface area (Å²) in [5, 5.41) is 5.41. The van der Waals surface area contributed by atoms with Crippen LogP contribution in [0.3, 0.4) is 0 Å². The third kappa shape index (κ3) is 1.60. The van der Waals surface area contributed by atoms with Crippen LogP contribution in [0.4, 0.5) is 5.82 Å². The minimum atomic E-state index is 0.286. The van der Waals surface area contributed by atoms with Gasteiger partial charge in [0.2, 0.25) is 0 Å². The quantitative estimate of drug-likeness (QED) is 0.712. The minimum Gasteiger partial charge on any atom is -0.381 e. The van der Waals surface area contributed by atoms with Gasteiger partial charge in [-0.05, 0) is 12.1 Å².